The zero-order valence-corrected chi connectivity index (χ0v) is 16.9. The summed E-state index contributed by atoms with van der Waals surface area (Å²) in [4.78, 5) is 19.3. The van der Waals surface area contributed by atoms with Gasteiger partial charge in [-0.05, 0) is 49.8 Å². The maximum Gasteiger partial charge on any atom is 0.227 e. The molecule has 1 aromatic rings. The number of nitrogens with one attached hydrogen (secondary N) is 1. The van der Waals surface area contributed by atoms with E-state index < -0.39 is 5.41 Å². The van der Waals surface area contributed by atoms with Gasteiger partial charge in [0.1, 0.15) is 5.82 Å². The fraction of sp³-hybridized carbons (Fsp3) is 0.667. The molecule has 3 N–H and O–H groups in total. The summed E-state index contributed by atoms with van der Waals surface area (Å²) in [5.74, 6) is 1.08. The number of carbonyl (C=O) groups is 1. The molecular formula is C18H32Cl2N4O. The minimum atomic E-state index is -0.442. The Labute approximate surface area is 164 Å². The Hall–Kier alpha value is -1.04. The van der Waals surface area contributed by atoms with Gasteiger partial charge in [0.15, 0.2) is 0 Å². The fourth-order valence-corrected chi connectivity index (χ4v) is 3.19. The highest BCUT2D eigenvalue weighted by molar-refractivity contribution is 5.85. The molecule has 144 valence electrons. The van der Waals surface area contributed by atoms with E-state index in [4.69, 9.17) is 5.73 Å². The third kappa shape index (κ3) is 6.01. The molecule has 0 aromatic carbocycles. The first kappa shape index (κ1) is 24.0. The molecule has 0 bridgehead atoms. The monoisotopic (exact) mass is 390 g/mol. The number of rotatable bonds is 7. The van der Waals surface area contributed by atoms with E-state index in [0.29, 0.717) is 13.1 Å². The summed E-state index contributed by atoms with van der Waals surface area (Å²) in [6.07, 6.45) is 7.13. The van der Waals surface area contributed by atoms with Crippen molar-refractivity contribution in [3.05, 3.63) is 23.9 Å². The van der Waals surface area contributed by atoms with Crippen molar-refractivity contribution >= 4 is 36.5 Å². The van der Waals surface area contributed by atoms with Gasteiger partial charge < -0.3 is 16.0 Å². The smallest absolute Gasteiger partial charge is 0.227 e. The first-order valence-corrected chi connectivity index (χ1v) is 8.83. The van der Waals surface area contributed by atoms with Gasteiger partial charge in [0.2, 0.25) is 5.91 Å². The van der Waals surface area contributed by atoms with Crippen LogP contribution in [0, 0.1) is 5.41 Å². The molecule has 7 heteroatoms. The quantitative estimate of drug-likeness (QED) is 0.748. The lowest BCUT2D eigenvalue weighted by Gasteiger charge is -2.29. The molecule has 2 rings (SSSR count). The van der Waals surface area contributed by atoms with E-state index in [1.807, 2.05) is 26.1 Å². The second kappa shape index (κ2) is 11.6. The van der Waals surface area contributed by atoms with Crippen LogP contribution in [0.2, 0.25) is 0 Å². The standard InChI is InChI=1S/C18H30N4O.2ClH/c1-3-18(4-2,14-19)17(23)21-13-15-8-9-20-16(12-15)22-10-6-5-7-11-22;;/h8-9,12H,3-7,10-11,13-14,19H2,1-2H3,(H,21,23);2*1H. The molecule has 0 spiro atoms. The summed E-state index contributed by atoms with van der Waals surface area (Å²) >= 11 is 0. The lowest BCUT2D eigenvalue weighted by atomic mass is 9.81. The van der Waals surface area contributed by atoms with Crippen LogP contribution in [-0.2, 0) is 11.3 Å². The maximum atomic E-state index is 12.5. The third-order valence-corrected chi connectivity index (χ3v) is 5.17. The Morgan fingerprint density at radius 3 is 2.44 bits per heavy atom. The second-order valence-corrected chi connectivity index (χ2v) is 6.44. The highest BCUT2D eigenvalue weighted by Crippen LogP contribution is 2.25. The average Bonchev–Trinajstić information content (AvgIpc) is 2.63. The zero-order valence-electron chi connectivity index (χ0n) is 15.3. The summed E-state index contributed by atoms with van der Waals surface area (Å²) in [6.45, 7) is 7.12. The lowest BCUT2D eigenvalue weighted by molar-refractivity contribution is -0.131. The van der Waals surface area contributed by atoms with Gasteiger partial charge >= 0.3 is 0 Å². The van der Waals surface area contributed by atoms with Gasteiger partial charge in [-0.2, -0.15) is 0 Å². The van der Waals surface area contributed by atoms with Crippen molar-refractivity contribution in [3.8, 4) is 0 Å². The van der Waals surface area contributed by atoms with Crippen molar-refractivity contribution in [2.45, 2.75) is 52.5 Å². The van der Waals surface area contributed by atoms with Crippen LogP contribution in [0.3, 0.4) is 0 Å². The van der Waals surface area contributed by atoms with E-state index in [-0.39, 0.29) is 30.7 Å². The molecule has 1 aliphatic rings. The maximum absolute atomic E-state index is 12.5. The Kier molecular flexibility index (Phi) is 11.1. The molecule has 0 radical (unpaired) electrons. The normalized spacial score (nSPS) is 14.3. The molecular weight excluding hydrogens is 359 g/mol. The minimum absolute atomic E-state index is 0. The second-order valence-electron chi connectivity index (χ2n) is 6.44. The van der Waals surface area contributed by atoms with Gasteiger partial charge in [0, 0.05) is 32.4 Å². The van der Waals surface area contributed by atoms with Gasteiger partial charge in [-0.25, -0.2) is 4.98 Å². The van der Waals surface area contributed by atoms with Gasteiger partial charge in [0.05, 0.1) is 5.41 Å². The minimum Gasteiger partial charge on any atom is -0.357 e. The van der Waals surface area contributed by atoms with Crippen molar-refractivity contribution < 1.29 is 4.79 Å². The van der Waals surface area contributed by atoms with Crippen LogP contribution in [-0.4, -0.2) is 30.5 Å². The number of carbonyl (C=O) groups excluding carboxylic acids is 1. The predicted molar refractivity (Wildman–Crippen MR) is 109 cm³/mol. The Balaban J connectivity index is 0.00000288. The van der Waals surface area contributed by atoms with Gasteiger partial charge in [-0.15, -0.1) is 24.8 Å². The van der Waals surface area contributed by atoms with E-state index in [1.165, 1.54) is 19.3 Å². The molecule has 0 atom stereocenters. The molecule has 1 aromatic heterocycles. The van der Waals surface area contributed by atoms with Crippen LogP contribution >= 0.6 is 24.8 Å². The molecule has 1 amide bonds. The molecule has 25 heavy (non-hydrogen) atoms. The number of hydrogen-bond donors (Lipinski definition) is 2. The first-order chi connectivity index (χ1) is 11.1. The Morgan fingerprint density at radius 1 is 1.24 bits per heavy atom. The van der Waals surface area contributed by atoms with E-state index in [0.717, 1.165) is 37.3 Å². The fourth-order valence-electron chi connectivity index (χ4n) is 3.19. The van der Waals surface area contributed by atoms with Crippen molar-refractivity contribution in [2.24, 2.45) is 11.1 Å². The van der Waals surface area contributed by atoms with Crippen LogP contribution in [0.25, 0.3) is 0 Å². The van der Waals surface area contributed by atoms with E-state index in [9.17, 15) is 4.79 Å². The number of anilines is 1. The van der Waals surface area contributed by atoms with Crippen LogP contribution < -0.4 is 16.0 Å². The lowest BCUT2D eigenvalue weighted by Crippen LogP contribution is -2.45. The molecule has 2 heterocycles. The highest BCUT2D eigenvalue weighted by Gasteiger charge is 2.32. The van der Waals surface area contributed by atoms with Gasteiger partial charge in [-0.1, -0.05) is 13.8 Å². The zero-order chi connectivity index (χ0) is 16.7. The van der Waals surface area contributed by atoms with Crippen LogP contribution in [0.4, 0.5) is 5.82 Å². The molecule has 0 aliphatic carbocycles. The molecule has 5 nitrogen and oxygen atoms in total. The number of nitrogens with two attached hydrogens (primary N) is 1. The average molecular weight is 391 g/mol. The molecule has 1 fully saturated rings. The van der Waals surface area contributed by atoms with Crippen molar-refractivity contribution in [1.82, 2.24) is 10.3 Å². The topological polar surface area (TPSA) is 71.2 Å². The Morgan fingerprint density at radius 2 is 1.88 bits per heavy atom. The molecule has 1 saturated heterocycles. The van der Waals surface area contributed by atoms with E-state index in [1.54, 1.807) is 0 Å². The summed E-state index contributed by atoms with van der Waals surface area (Å²) in [7, 11) is 0. The molecule has 0 unspecified atom stereocenters. The summed E-state index contributed by atoms with van der Waals surface area (Å²) in [6, 6.07) is 4.06. The number of amides is 1. The highest BCUT2D eigenvalue weighted by atomic mass is 35.5. The number of piperidine rings is 1. The molecule has 0 saturated carbocycles. The Bertz CT molecular complexity index is 509. The number of halogens is 2. The third-order valence-electron chi connectivity index (χ3n) is 5.17. The van der Waals surface area contributed by atoms with Gasteiger partial charge in [0.25, 0.3) is 0 Å². The van der Waals surface area contributed by atoms with E-state index in [2.05, 4.69) is 21.3 Å². The number of hydrogen-bond acceptors (Lipinski definition) is 4. The number of nitrogens with zero attached hydrogens (tertiary/aromatic N) is 2. The number of pyridine rings is 1. The first-order valence-electron chi connectivity index (χ1n) is 8.83. The van der Waals surface area contributed by atoms with Crippen molar-refractivity contribution in [1.29, 1.82) is 0 Å². The summed E-state index contributed by atoms with van der Waals surface area (Å²) < 4.78 is 0. The van der Waals surface area contributed by atoms with Crippen molar-refractivity contribution in [3.63, 3.8) is 0 Å². The van der Waals surface area contributed by atoms with Gasteiger partial charge in [-0.3, -0.25) is 4.79 Å². The largest absolute Gasteiger partial charge is 0.357 e. The van der Waals surface area contributed by atoms with Crippen molar-refractivity contribution in [2.75, 3.05) is 24.5 Å². The summed E-state index contributed by atoms with van der Waals surface area (Å²) in [5, 5.41) is 3.06. The predicted octanol–water partition coefficient (Wildman–Crippen LogP) is 3.30. The van der Waals surface area contributed by atoms with E-state index >= 15 is 0 Å². The van der Waals surface area contributed by atoms with Crippen LogP contribution in [0.15, 0.2) is 18.3 Å². The SMILES string of the molecule is CCC(CC)(CN)C(=O)NCc1ccnc(N2CCCCC2)c1.Cl.Cl. The number of aromatic nitrogens is 1. The van der Waals surface area contributed by atoms with Crippen LogP contribution in [0.1, 0.15) is 51.5 Å². The molecule has 1 aliphatic heterocycles. The summed E-state index contributed by atoms with van der Waals surface area (Å²) in [5.41, 5.74) is 6.49. The van der Waals surface area contributed by atoms with Crippen LogP contribution in [0.5, 0.6) is 0 Å².